The molecular weight excluding hydrogens is 228 g/mol. The molecule has 1 aliphatic heterocycles. The smallest absolute Gasteiger partial charge is 0.150 e. The number of hydrogen-bond acceptors (Lipinski definition) is 4. The van der Waals surface area contributed by atoms with Gasteiger partial charge in [0.05, 0.1) is 4.08 Å². The molecule has 1 aromatic carbocycles. The van der Waals surface area contributed by atoms with E-state index < -0.39 is 0 Å². The van der Waals surface area contributed by atoms with E-state index in [-0.39, 0.29) is 9.83 Å². The summed E-state index contributed by atoms with van der Waals surface area (Å²) in [6.07, 6.45) is 0.816. The van der Waals surface area contributed by atoms with Crippen LogP contribution in [0, 0.1) is 0 Å². The molecule has 0 radical (unpaired) electrons. The van der Waals surface area contributed by atoms with Crippen molar-refractivity contribution in [1.82, 2.24) is 0 Å². The first-order valence-electron chi connectivity index (χ1n) is 4.72. The molecule has 0 aliphatic carbocycles. The van der Waals surface area contributed by atoms with Gasteiger partial charge in [-0.3, -0.25) is 4.79 Å². The minimum absolute atomic E-state index is 0.108. The molecule has 0 bridgehead atoms. The summed E-state index contributed by atoms with van der Waals surface area (Å²) in [5.74, 6) is 2.46. The van der Waals surface area contributed by atoms with E-state index in [0.717, 1.165) is 23.4 Å². The van der Waals surface area contributed by atoms with Gasteiger partial charge >= 0.3 is 0 Å². The van der Waals surface area contributed by atoms with Crippen LogP contribution in [-0.2, 0) is 4.08 Å². The Morgan fingerprint density at radius 3 is 2.67 bits per heavy atom. The highest BCUT2D eigenvalue weighted by atomic mass is 32.2. The Morgan fingerprint density at radius 1 is 1.40 bits per heavy atom. The average molecular weight is 240 g/mol. The number of phenols is 1. The zero-order chi connectivity index (χ0) is 10.9. The van der Waals surface area contributed by atoms with Crippen LogP contribution in [-0.4, -0.2) is 22.9 Å². The number of hydrogen-bond donors (Lipinski definition) is 1. The maximum Gasteiger partial charge on any atom is 0.150 e. The molecule has 2 rings (SSSR count). The van der Waals surface area contributed by atoms with Crippen molar-refractivity contribution in [1.29, 1.82) is 0 Å². The molecule has 15 heavy (non-hydrogen) atoms. The van der Waals surface area contributed by atoms with Crippen molar-refractivity contribution in [3.63, 3.8) is 0 Å². The van der Waals surface area contributed by atoms with Crippen molar-refractivity contribution in [2.45, 2.75) is 11.0 Å². The van der Waals surface area contributed by atoms with E-state index >= 15 is 0 Å². The Kier molecular flexibility index (Phi) is 2.98. The maximum absolute atomic E-state index is 10.7. The summed E-state index contributed by atoms with van der Waals surface area (Å²) in [5, 5.41) is 9.81. The quantitative estimate of drug-likeness (QED) is 0.807. The van der Waals surface area contributed by atoms with Crippen LogP contribution in [0.3, 0.4) is 0 Å². The molecule has 1 heterocycles. The lowest BCUT2D eigenvalue weighted by Crippen LogP contribution is -2.09. The highest BCUT2D eigenvalue weighted by Crippen LogP contribution is 2.53. The van der Waals surface area contributed by atoms with E-state index in [0.29, 0.717) is 5.56 Å². The lowest BCUT2D eigenvalue weighted by Gasteiger charge is -2.23. The predicted octanol–water partition coefficient (Wildman–Crippen LogP) is 2.86. The molecule has 1 aromatic rings. The summed E-state index contributed by atoms with van der Waals surface area (Å²) < 4.78 is -0.108. The Morgan fingerprint density at radius 2 is 2.07 bits per heavy atom. The summed E-state index contributed by atoms with van der Waals surface area (Å²) in [6.45, 7) is 2.10. The molecule has 1 fully saturated rings. The molecule has 0 unspecified atom stereocenters. The van der Waals surface area contributed by atoms with Crippen molar-refractivity contribution in [2.75, 3.05) is 11.5 Å². The van der Waals surface area contributed by atoms with E-state index in [1.807, 2.05) is 23.5 Å². The Bertz CT molecular complexity index is 384. The molecule has 0 amide bonds. The standard InChI is InChI=1S/C11H12O2S2/c1-11(14-4-5-15-11)9-6-8(7-12)2-3-10(9)13/h2-3,6-7,13H,4-5H2,1H3. The van der Waals surface area contributed by atoms with Crippen LogP contribution in [0.1, 0.15) is 22.8 Å². The number of thioether (sulfide) groups is 2. The molecule has 1 saturated heterocycles. The second kappa shape index (κ2) is 4.10. The topological polar surface area (TPSA) is 37.3 Å². The van der Waals surface area contributed by atoms with Gasteiger partial charge in [-0.1, -0.05) is 0 Å². The van der Waals surface area contributed by atoms with Crippen molar-refractivity contribution < 1.29 is 9.90 Å². The monoisotopic (exact) mass is 240 g/mol. The van der Waals surface area contributed by atoms with Gasteiger partial charge in [-0.2, -0.15) is 0 Å². The normalized spacial score (nSPS) is 19.0. The van der Waals surface area contributed by atoms with Crippen molar-refractivity contribution in [3.8, 4) is 5.75 Å². The van der Waals surface area contributed by atoms with Crippen molar-refractivity contribution in [2.24, 2.45) is 0 Å². The van der Waals surface area contributed by atoms with E-state index in [1.54, 1.807) is 18.2 Å². The van der Waals surface area contributed by atoms with Gasteiger partial charge in [-0.15, -0.1) is 23.5 Å². The summed E-state index contributed by atoms with van der Waals surface area (Å²) in [7, 11) is 0. The molecule has 2 nitrogen and oxygen atoms in total. The van der Waals surface area contributed by atoms with Crippen LogP contribution in [0.25, 0.3) is 0 Å². The SMILES string of the molecule is CC1(c2cc(C=O)ccc2O)SCCS1. The van der Waals surface area contributed by atoms with E-state index in [9.17, 15) is 9.90 Å². The van der Waals surface area contributed by atoms with Gasteiger partial charge in [0.1, 0.15) is 12.0 Å². The molecule has 0 aromatic heterocycles. The largest absolute Gasteiger partial charge is 0.508 e. The van der Waals surface area contributed by atoms with Crippen molar-refractivity contribution >= 4 is 29.8 Å². The second-order valence-corrected chi connectivity index (χ2v) is 6.82. The Labute approximate surface area is 97.5 Å². The lowest BCUT2D eigenvalue weighted by molar-refractivity contribution is 0.112. The van der Waals surface area contributed by atoms with Gasteiger partial charge in [0.2, 0.25) is 0 Å². The van der Waals surface area contributed by atoms with E-state index in [2.05, 4.69) is 6.92 Å². The molecule has 0 saturated carbocycles. The zero-order valence-electron chi connectivity index (χ0n) is 8.40. The molecule has 80 valence electrons. The first-order valence-corrected chi connectivity index (χ1v) is 6.69. The summed E-state index contributed by atoms with van der Waals surface area (Å²) in [6, 6.07) is 5.02. The Balaban J connectivity index is 2.45. The van der Waals surface area contributed by atoms with Gasteiger partial charge < -0.3 is 5.11 Å². The number of phenolic OH excluding ortho intramolecular Hbond substituents is 1. The molecule has 1 N–H and O–H groups in total. The summed E-state index contributed by atoms with van der Waals surface area (Å²) in [5.41, 5.74) is 1.48. The molecule has 0 atom stereocenters. The van der Waals surface area contributed by atoms with Gasteiger partial charge in [-0.25, -0.2) is 0 Å². The number of carbonyl (C=O) groups is 1. The third kappa shape index (κ3) is 2.01. The number of aromatic hydroxyl groups is 1. The highest BCUT2D eigenvalue weighted by molar-refractivity contribution is 8.20. The van der Waals surface area contributed by atoms with E-state index in [1.165, 1.54) is 0 Å². The van der Waals surface area contributed by atoms with Crippen LogP contribution in [0.4, 0.5) is 0 Å². The van der Waals surface area contributed by atoms with Gasteiger partial charge in [0.15, 0.2) is 0 Å². The third-order valence-electron chi connectivity index (χ3n) is 2.48. The van der Waals surface area contributed by atoms with Crippen LogP contribution >= 0.6 is 23.5 Å². The van der Waals surface area contributed by atoms with Crippen LogP contribution < -0.4 is 0 Å². The Hall–Kier alpha value is -0.610. The van der Waals surface area contributed by atoms with Crippen LogP contribution in [0.15, 0.2) is 18.2 Å². The molecule has 1 aliphatic rings. The van der Waals surface area contributed by atoms with Crippen LogP contribution in [0.5, 0.6) is 5.75 Å². The minimum Gasteiger partial charge on any atom is -0.508 e. The van der Waals surface area contributed by atoms with Crippen molar-refractivity contribution in [3.05, 3.63) is 29.3 Å². The number of carbonyl (C=O) groups excluding carboxylic acids is 1. The fourth-order valence-corrected chi connectivity index (χ4v) is 4.58. The molecule has 0 spiro atoms. The minimum atomic E-state index is -0.108. The predicted molar refractivity (Wildman–Crippen MR) is 65.8 cm³/mol. The second-order valence-electron chi connectivity index (χ2n) is 3.54. The fraction of sp³-hybridized carbons (Fsp3) is 0.364. The first kappa shape index (κ1) is 10.9. The fourth-order valence-electron chi connectivity index (χ4n) is 1.66. The number of benzene rings is 1. The first-order chi connectivity index (χ1) is 7.15. The van der Waals surface area contributed by atoms with Gasteiger partial charge in [-0.05, 0) is 25.1 Å². The van der Waals surface area contributed by atoms with Gasteiger partial charge in [0, 0.05) is 22.6 Å². The van der Waals surface area contributed by atoms with Gasteiger partial charge in [0.25, 0.3) is 0 Å². The van der Waals surface area contributed by atoms with Crippen LogP contribution in [0.2, 0.25) is 0 Å². The van der Waals surface area contributed by atoms with E-state index in [4.69, 9.17) is 0 Å². The summed E-state index contributed by atoms with van der Waals surface area (Å²) >= 11 is 3.64. The maximum atomic E-state index is 10.7. The lowest BCUT2D eigenvalue weighted by atomic mass is 10.1. The molecule has 4 heteroatoms. The highest BCUT2D eigenvalue weighted by Gasteiger charge is 2.34. The average Bonchev–Trinajstić information content (AvgIpc) is 2.67. The molecular formula is C11H12O2S2. The third-order valence-corrected chi connectivity index (χ3v) is 5.81. The zero-order valence-corrected chi connectivity index (χ0v) is 10.0. The summed E-state index contributed by atoms with van der Waals surface area (Å²) in [4.78, 5) is 10.7. The number of rotatable bonds is 2. The number of aldehydes is 1.